The molecule has 0 aliphatic carbocycles. The Balaban J connectivity index is 1.90. The van der Waals surface area contributed by atoms with E-state index < -0.39 is 11.6 Å². The van der Waals surface area contributed by atoms with E-state index in [9.17, 15) is 19.8 Å². The van der Waals surface area contributed by atoms with Crippen molar-refractivity contribution in [2.75, 3.05) is 13.1 Å². The number of carboxylic acid groups (broad SMARTS) is 1. The van der Waals surface area contributed by atoms with Gasteiger partial charge in [-0.2, -0.15) is 0 Å². The number of hydrogen-bond donors (Lipinski definition) is 2. The van der Waals surface area contributed by atoms with Crippen LogP contribution in [0.3, 0.4) is 0 Å². The predicted octanol–water partition coefficient (Wildman–Crippen LogP) is 5.56. The molecule has 32 heavy (non-hydrogen) atoms. The normalized spacial score (nSPS) is 16.5. The van der Waals surface area contributed by atoms with Crippen molar-refractivity contribution in [3.8, 4) is 5.75 Å². The highest BCUT2D eigenvalue weighted by atomic mass is 16.6. The lowest BCUT2D eigenvalue weighted by Gasteiger charge is -2.38. The van der Waals surface area contributed by atoms with Gasteiger partial charge in [0, 0.05) is 18.7 Å². The number of carboxylic acids is 1. The van der Waals surface area contributed by atoms with Gasteiger partial charge in [0.15, 0.2) is 0 Å². The average molecular weight is 438 g/mol. The minimum atomic E-state index is -0.980. The monoisotopic (exact) mass is 437 g/mol. The Labute approximate surface area is 189 Å². The molecule has 0 aromatic heterocycles. The largest absolute Gasteiger partial charge is 0.507 e. The molecule has 2 N–H and O–H groups in total. The number of hydrogen-bond acceptors (Lipinski definition) is 4. The fourth-order valence-corrected chi connectivity index (χ4v) is 3.83. The second kappa shape index (κ2) is 9.07. The molecule has 1 amide bonds. The summed E-state index contributed by atoms with van der Waals surface area (Å²) in [5, 5.41) is 19.7. The molecule has 0 radical (unpaired) electrons. The van der Waals surface area contributed by atoms with Gasteiger partial charge in [0.05, 0.1) is 5.56 Å². The van der Waals surface area contributed by atoms with Gasteiger partial charge in [0.25, 0.3) is 0 Å². The van der Waals surface area contributed by atoms with Crippen LogP contribution in [0, 0.1) is 5.41 Å². The lowest BCUT2D eigenvalue weighted by molar-refractivity contribution is 0.0155. The van der Waals surface area contributed by atoms with E-state index >= 15 is 0 Å². The fourth-order valence-electron chi connectivity index (χ4n) is 3.83. The van der Waals surface area contributed by atoms with Crippen LogP contribution in [0.1, 0.15) is 62.0 Å². The Morgan fingerprint density at radius 3 is 2.09 bits per heavy atom. The van der Waals surface area contributed by atoms with Gasteiger partial charge in [-0.3, -0.25) is 0 Å². The molecule has 1 saturated heterocycles. The van der Waals surface area contributed by atoms with Crippen LogP contribution < -0.4 is 0 Å². The molecule has 6 nitrogen and oxygen atoms in total. The molecule has 1 heterocycles. The third-order valence-corrected chi connectivity index (χ3v) is 5.69. The van der Waals surface area contributed by atoms with E-state index in [1.807, 2.05) is 32.9 Å². The average Bonchev–Trinajstić information content (AvgIpc) is 2.72. The number of aromatic hydroxyl groups is 1. The van der Waals surface area contributed by atoms with Crippen LogP contribution in [0.4, 0.5) is 4.79 Å². The Morgan fingerprint density at radius 1 is 1.00 bits per heavy atom. The van der Waals surface area contributed by atoms with E-state index in [0.717, 1.165) is 24.0 Å². The van der Waals surface area contributed by atoms with Gasteiger partial charge in [-0.15, -0.1) is 0 Å². The van der Waals surface area contributed by atoms with Gasteiger partial charge in [0.1, 0.15) is 11.4 Å². The quantitative estimate of drug-likeness (QED) is 0.654. The fraction of sp³-hybridized carbons (Fsp3) is 0.385. The highest BCUT2D eigenvalue weighted by Crippen LogP contribution is 2.39. The van der Waals surface area contributed by atoms with E-state index in [-0.39, 0.29) is 22.8 Å². The number of carbonyl (C=O) groups is 2. The summed E-state index contributed by atoms with van der Waals surface area (Å²) >= 11 is 0. The Bertz CT molecular complexity index is 1010. The number of rotatable bonds is 4. The first-order chi connectivity index (χ1) is 15.0. The summed E-state index contributed by atoms with van der Waals surface area (Å²) in [7, 11) is 0. The predicted molar refractivity (Wildman–Crippen MR) is 124 cm³/mol. The molecule has 2 aromatic carbocycles. The third-order valence-electron chi connectivity index (χ3n) is 5.69. The van der Waals surface area contributed by atoms with Crippen molar-refractivity contribution < 1.29 is 24.5 Å². The standard InChI is InChI=1S/C26H31NO5/c1-25(2,3)32-24(31)27-15-13-26(4,14-16-27)17-21(20-7-5-6-8-22(20)28)18-9-11-19(12-10-18)23(29)30/h5-12,17,28H,13-16H2,1-4H3,(H,29,30)/b21-17-. The number of nitrogens with zero attached hydrogens (tertiary/aromatic N) is 1. The molecule has 3 rings (SSSR count). The van der Waals surface area contributed by atoms with Crippen LogP contribution in [0.25, 0.3) is 5.57 Å². The lowest BCUT2D eigenvalue weighted by atomic mass is 9.77. The Hall–Kier alpha value is -3.28. The zero-order chi connectivity index (χ0) is 23.5. The number of amides is 1. The molecule has 0 spiro atoms. The molecule has 170 valence electrons. The summed E-state index contributed by atoms with van der Waals surface area (Å²) in [4.78, 5) is 25.4. The molecule has 1 fully saturated rings. The molecule has 2 aromatic rings. The van der Waals surface area contributed by atoms with Crippen molar-refractivity contribution in [2.24, 2.45) is 5.41 Å². The molecule has 6 heteroatoms. The van der Waals surface area contributed by atoms with Crippen molar-refractivity contribution in [1.29, 1.82) is 0 Å². The lowest BCUT2D eigenvalue weighted by Crippen LogP contribution is -2.44. The number of benzene rings is 2. The summed E-state index contributed by atoms with van der Waals surface area (Å²) in [6.07, 6.45) is 3.34. The number of aromatic carboxylic acids is 1. The SMILES string of the molecule is CC1(/C=C(/c2ccc(C(=O)O)cc2)c2ccccc2O)CCN(C(=O)OC(C)(C)C)CC1. The van der Waals surface area contributed by atoms with Crippen molar-refractivity contribution in [2.45, 2.75) is 46.1 Å². The number of allylic oxidation sites excluding steroid dienone is 1. The van der Waals surface area contributed by atoms with E-state index in [1.54, 1.807) is 41.3 Å². The number of phenols is 1. The van der Waals surface area contributed by atoms with Crippen LogP contribution in [-0.2, 0) is 4.74 Å². The van der Waals surface area contributed by atoms with Crippen LogP contribution in [0.2, 0.25) is 0 Å². The summed E-state index contributed by atoms with van der Waals surface area (Å²) in [5.41, 5.74) is 1.83. The minimum Gasteiger partial charge on any atom is -0.507 e. The minimum absolute atomic E-state index is 0.163. The van der Waals surface area contributed by atoms with Gasteiger partial charge < -0.3 is 19.8 Å². The Morgan fingerprint density at radius 2 is 1.56 bits per heavy atom. The van der Waals surface area contributed by atoms with E-state index in [0.29, 0.717) is 18.7 Å². The Kier molecular flexibility index (Phi) is 6.63. The van der Waals surface area contributed by atoms with Gasteiger partial charge in [-0.05, 0) is 68.4 Å². The summed E-state index contributed by atoms with van der Waals surface area (Å²) < 4.78 is 5.50. The first-order valence-electron chi connectivity index (χ1n) is 10.8. The summed E-state index contributed by atoms with van der Waals surface area (Å²) in [5.74, 6) is -0.818. The maximum Gasteiger partial charge on any atom is 0.410 e. The maximum atomic E-state index is 12.4. The smallest absolute Gasteiger partial charge is 0.410 e. The number of ether oxygens (including phenoxy) is 1. The van der Waals surface area contributed by atoms with Crippen molar-refractivity contribution in [3.05, 3.63) is 71.3 Å². The molecule has 0 bridgehead atoms. The molecular formula is C26H31NO5. The number of phenolic OH excluding ortho intramolecular Hbond substituents is 1. The second-order valence-corrected chi connectivity index (χ2v) is 9.58. The first kappa shape index (κ1) is 23.4. The number of likely N-dealkylation sites (tertiary alicyclic amines) is 1. The van der Waals surface area contributed by atoms with Crippen LogP contribution in [0.15, 0.2) is 54.6 Å². The summed E-state index contributed by atoms with van der Waals surface area (Å²) in [6.45, 7) is 8.87. The van der Waals surface area contributed by atoms with Gasteiger partial charge >= 0.3 is 12.1 Å². The van der Waals surface area contributed by atoms with Crippen molar-refractivity contribution in [3.63, 3.8) is 0 Å². The topological polar surface area (TPSA) is 87.1 Å². The first-order valence-corrected chi connectivity index (χ1v) is 10.8. The molecule has 0 saturated carbocycles. The molecular weight excluding hydrogens is 406 g/mol. The van der Waals surface area contributed by atoms with Crippen molar-refractivity contribution >= 4 is 17.6 Å². The molecule has 0 atom stereocenters. The van der Waals surface area contributed by atoms with Gasteiger partial charge in [-0.25, -0.2) is 9.59 Å². The van der Waals surface area contributed by atoms with Crippen LogP contribution >= 0.6 is 0 Å². The van der Waals surface area contributed by atoms with E-state index in [1.165, 1.54) is 0 Å². The highest BCUT2D eigenvalue weighted by Gasteiger charge is 2.33. The number of carbonyl (C=O) groups excluding carboxylic acids is 1. The highest BCUT2D eigenvalue weighted by molar-refractivity contribution is 5.89. The van der Waals surface area contributed by atoms with E-state index in [2.05, 4.69) is 13.0 Å². The van der Waals surface area contributed by atoms with Gasteiger partial charge in [-0.1, -0.05) is 43.3 Å². The number of para-hydroxylation sites is 1. The molecule has 1 aliphatic heterocycles. The second-order valence-electron chi connectivity index (χ2n) is 9.58. The molecule has 0 unspecified atom stereocenters. The summed E-state index contributed by atoms with van der Waals surface area (Å²) in [6, 6.07) is 13.8. The van der Waals surface area contributed by atoms with Crippen LogP contribution in [-0.4, -0.2) is 45.9 Å². The third kappa shape index (κ3) is 5.69. The van der Waals surface area contributed by atoms with E-state index in [4.69, 9.17) is 4.74 Å². The van der Waals surface area contributed by atoms with Crippen molar-refractivity contribution in [1.82, 2.24) is 4.90 Å². The number of piperidine rings is 1. The molecule has 1 aliphatic rings. The zero-order valence-corrected chi connectivity index (χ0v) is 19.1. The van der Waals surface area contributed by atoms with Crippen LogP contribution in [0.5, 0.6) is 5.75 Å². The van der Waals surface area contributed by atoms with Gasteiger partial charge in [0.2, 0.25) is 0 Å². The zero-order valence-electron chi connectivity index (χ0n) is 19.1. The maximum absolute atomic E-state index is 12.4.